The second-order valence-electron chi connectivity index (χ2n) is 12.3. The molecule has 1 spiro atoms. The highest BCUT2D eigenvalue weighted by Gasteiger charge is 2.52. The molecule has 35 heavy (non-hydrogen) atoms. The zero-order valence-corrected chi connectivity index (χ0v) is 21.5. The summed E-state index contributed by atoms with van der Waals surface area (Å²) in [6.45, 7) is 13.7. The number of hydrogen-bond donors (Lipinski definition) is 1. The van der Waals surface area contributed by atoms with Gasteiger partial charge in [0.1, 0.15) is 0 Å². The van der Waals surface area contributed by atoms with E-state index in [9.17, 15) is 5.02 Å². The van der Waals surface area contributed by atoms with Gasteiger partial charge in [0.05, 0.1) is 5.41 Å². The Morgan fingerprint density at radius 1 is 0.543 bits per heavy atom. The van der Waals surface area contributed by atoms with Crippen LogP contribution in [0.3, 0.4) is 0 Å². The van der Waals surface area contributed by atoms with Crippen molar-refractivity contribution in [2.45, 2.75) is 57.8 Å². The van der Waals surface area contributed by atoms with Crippen molar-refractivity contribution < 1.29 is 5.02 Å². The van der Waals surface area contributed by atoms with Crippen LogP contribution in [0, 0.1) is 0 Å². The standard InChI is InChI=1S/C33H32BO/c1-31(2,3)20-11-14-24-25-15-12-21(32(4,5)6)18-29(25)33(28(24)17-20)27-10-8-7-9-23(27)26-16-13-22(34-35)19-30(26)33/h7-19,35H,1-6H3. The minimum Gasteiger partial charge on any atom is -0.450 e. The van der Waals surface area contributed by atoms with Crippen LogP contribution >= 0.6 is 0 Å². The lowest BCUT2D eigenvalue weighted by molar-refractivity contribution is 0.586. The predicted octanol–water partition coefficient (Wildman–Crippen LogP) is 6.86. The Balaban J connectivity index is 1.81. The number of benzene rings is 4. The first-order valence-electron chi connectivity index (χ1n) is 12.6. The maximum absolute atomic E-state index is 9.98. The third-order valence-corrected chi connectivity index (χ3v) is 8.09. The molecule has 0 fully saturated rings. The monoisotopic (exact) mass is 455 g/mol. The van der Waals surface area contributed by atoms with Crippen molar-refractivity contribution in [3.05, 3.63) is 112 Å². The summed E-state index contributed by atoms with van der Waals surface area (Å²) >= 11 is 0. The summed E-state index contributed by atoms with van der Waals surface area (Å²) in [6.07, 6.45) is 0. The van der Waals surface area contributed by atoms with Gasteiger partial charge in [-0.3, -0.25) is 0 Å². The van der Waals surface area contributed by atoms with E-state index < -0.39 is 5.41 Å². The molecule has 0 aromatic heterocycles. The van der Waals surface area contributed by atoms with Crippen molar-refractivity contribution in [1.29, 1.82) is 0 Å². The van der Waals surface area contributed by atoms with Crippen LogP contribution in [0.25, 0.3) is 22.3 Å². The molecule has 2 aliphatic carbocycles. The molecule has 4 aromatic rings. The number of hydrogen-bond acceptors (Lipinski definition) is 1. The average Bonchev–Trinajstić information content (AvgIpc) is 3.29. The molecule has 6 rings (SSSR count). The molecule has 0 atom stereocenters. The molecule has 0 saturated carbocycles. The van der Waals surface area contributed by atoms with Gasteiger partial charge in [0.15, 0.2) is 0 Å². The summed E-state index contributed by atoms with van der Waals surface area (Å²) in [5.41, 5.74) is 13.7. The van der Waals surface area contributed by atoms with Crippen LogP contribution in [0.15, 0.2) is 78.9 Å². The van der Waals surface area contributed by atoms with Gasteiger partial charge in [0.25, 0.3) is 0 Å². The van der Waals surface area contributed by atoms with Crippen molar-refractivity contribution in [3.63, 3.8) is 0 Å². The van der Waals surface area contributed by atoms with Crippen LogP contribution in [0.1, 0.15) is 74.9 Å². The second-order valence-corrected chi connectivity index (χ2v) is 12.3. The van der Waals surface area contributed by atoms with E-state index in [2.05, 4.69) is 114 Å². The van der Waals surface area contributed by atoms with Crippen LogP contribution in [0.2, 0.25) is 0 Å². The minimum absolute atomic E-state index is 0.0449. The highest BCUT2D eigenvalue weighted by Crippen LogP contribution is 2.63. The van der Waals surface area contributed by atoms with E-state index in [0.717, 1.165) is 5.46 Å². The molecule has 173 valence electrons. The van der Waals surface area contributed by atoms with E-state index >= 15 is 0 Å². The zero-order valence-electron chi connectivity index (χ0n) is 21.5. The first-order chi connectivity index (χ1) is 16.6. The molecular weight excluding hydrogens is 423 g/mol. The molecule has 1 nitrogen and oxygen atoms in total. The Bertz CT molecular complexity index is 1430. The fourth-order valence-electron chi connectivity index (χ4n) is 6.21. The van der Waals surface area contributed by atoms with Crippen molar-refractivity contribution in [3.8, 4) is 22.3 Å². The largest absolute Gasteiger partial charge is 0.450 e. The maximum atomic E-state index is 9.98. The normalized spacial score (nSPS) is 14.9. The van der Waals surface area contributed by atoms with Gasteiger partial charge in [0.2, 0.25) is 0 Å². The van der Waals surface area contributed by atoms with E-state index in [1.54, 1.807) is 0 Å². The quantitative estimate of drug-likeness (QED) is 0.269. The van der Waals surface area contributed by atoms with Gasteiger partial charge in [0, 0.05) is 0 Å². The summed E-state index contributed by atoms with van der Waals surface area (Å²) in [4.78, 5) is 0. The minimum atomic E-state index is -0.405. The second kappa shape index (κ2) is 7.21. The lowest BCUT2D eigenvalue weighted by Crippen LogP contribution is -2.29. The van der Waals surface area contributed by atoms with Gasteiger partial charge >= 0.3 is 7.48 Å². The van der Waals surface area contributed by atoms with E-state index in [0.29, 0.717) is 0 Å². The van der Waals surface area contributed by atoms with Gasteiger partial charge in [-0.2, -0.15) is 0 Å². The van der Waals surface area contributed by atoms with Crippen molar-refractivity contribution in [1.82, 2.24) is 0 Å². The molecular formula is C33H32BO. The van der Waals surface area contributed by atoms with Gasteiger partial charge in [-0.05, 0) is 66.5 Å². The third kappa shape index (κ3) is 2.99. The predicted molar refractivity (Wildman–Crippen MR) is 148 cm³/mol. The first-order valence-corrected chi connectivity index (χ1v) is 12.6. The lowest BCUT2D eigenvalue weighted by atomic mass is 9.68. The van der Waals surface area contributed by atoms with E-state index in [-0.39, 0.29) is 10.8 Å². The summed E-state index contributed by atoms with van der Waals surface area (Å²) in [7, 11) is 1.23. The zero-order chi connectivity index (χ0) is 24.8. The topological polar surface area (TPSA) is 20.2 Å². The van der Waals surface area contributed by atoms with Gasteiger partial charge < -0.3 is 5.02 Å². The Morgan fingerprint density at radius 3 is 1.51 bits per heavy atom. The highest BCUT2D eigenvalue weighted by atomic mass is 16.2. The van der Waals surface area contributed by atoms with E-state index in [4.69, 9.17) is 0 Å². The van der Waals surface area contributed by atoms with Crippen LogP contribution in [-0.4, -0.2) is 12.5 Å². The van der Waals surface area contributed by atoms with Crippen LogP contribution in [0.5, 0.6) is 0 Å². The Hall–Kier alpha value is -3.10. The van der Waals surface area contributed by atoms with Crippen LogP contribution in [0.4, 0.5) is 0 Å². The van der Waals surface area contributed by atoms with Crippen molar-refractivity contribution in [2.24, 2.45) is 0 Å². The van der Waals surface area contributed by atoms with E-state index in [1.807, 2.05) is 6.07 Å². The lowest BCUT2D eigenvalue weighted by Gasteiger charge is -2.33. The fraction of sp³-hybridized carbons (Fsp3) is 0.273. The summed E-state index contributed by atoms with van der Waals surface area (Å²) in [5, 5.41) is 9.98. The average molecular weight is 455 g/mol. The van der Waals surface area contributed by atoms with Crippen LogP contribution in [-0.2, 0) is 16.2 Å². The smallest absolute Gasteiger partial charge is 0.326 e. The fourth-order valence-corrected chi connectivity index (χ4v) is 6.21. The Morgan fingerprint density at radius 2 is 1.00 bits per heavy atom. The molecule has 1 radical (unpaired) electrons. The molecule has 1 N–H and O–H groups in total. The first kappa shape index (κ1) is 22.4. The Labute approximate surface area is 210 Å². The van der Waals surface area contributed by atoms with Crippen molar-refractivity contribution in [2.75, 3.05) is 0 Å². The molecule has 0 bridgehead atoms. The number of rotatable bonds is 1. The van der Waals surface area contributed by atoms with Crippen LogP contribution < -0.4 is 5.46 Å². The molecule has 0 saturated heterocycles. The van der Waals surface area contributed by atoms with Gasteiger partial charge in [-0.25, -0.2) is 0 Å². The molecule has 0 aliphatic heterocycles. The van der Waals surface area contributed by atoms with Gasteiger partial charge in [-0.15, -0.1) is 0 Å². The van der Waals surface area contributed by atoms with Crippen molar-refractivity contribution >= 4 is 12.9 Å². The molecule has 2 aliphatic rings. The number of fused-ring (bicyclic) bond motifs is 10. The third-order valence-electron chi connectivity index (χ3n) is 8.09. The maximum Gasteiger partial charge on any atom is 0.326 e. The molecule has 2 heteroatoms. The molecule has 4 aromatic carbocycles. The molecule has 0 heterocycles. The summed E-state index contributed by atoms with van der Waals surface area (Å²) in [6, 6.07) is 29.5. The molecule has 0 amide bonds. The Kier molecular flexibility index (Phi) is 4.61. The highest BCUT2D eigenvalue weighted by molar-refractivity contribution is 6.45. The molecule has 0 unspecified atom stereocenters. The summed E-state index contributed by atoms with van der Waals surface area (Å²) in [5.74, 6) is 0. The summed E-state index contributed by atoms with van der Waals surface area (Å²) < 4.78 is 0. The van der Waals surface area contributed by atoms with E-state index in [1.165, 1.54) is 63.1 Å². The SMILES string of the molecule is CC(C)(C)c1ccc2c(c1)C1(c3ccccc3-c3ccc([B]O)cc31)c1cc(C(C)(C)C)ccc1-2. The van der Waals surface area contributed by atoms with Gasteiger partial charge in [-0.1, -0.05) is 126 Å².